The van der Waals surface area contributed by atoms with Crippen LogP contribution in [0.3, 0.4) is 0 Å². The van der Waals surface area contributed by atoms with Gasteiger partial charge in [0.1, 0.15) is 12.4 Å². The van der Waals surface area contributed by atoms with E-state index in [0.717, 1.165) is 5.75 Å². The number of benzene rings is 2. The van der Waals surface area contributed by atoms with Crippen molar-refractivity contribution in [3.63, 3.8) is 0 Å². The summed E-state index contributed by atoms with van der Waals surface area (Å²) in [4.78, 5) is 0. The predicted octanol–water partition coefficient (Wildman–Crippen LogP) is 2.63. The van der Waals surface area contributed by atoms with E-state index in [2.05, 4.69) is 12.1 Å². The van der Waals surface area contributed by atoms with Gasteiger partial charge in [-0.1, -0.05) is 48.5 Å². The van der Waals surface area contributed by atoms with E-state index in [0.29, 0.717) is 6.61 Å². The van der Waals surface area contributed by atoms with Crippen LogP contribution in [0.5, 0.6) is 5.75 Å². The first kappa shape index (κ1) is 15.2. The van der Waals surface area contributed by atoms with Gasteiger partial charge in [0, 0.05) is 0 Å². The molecule has 3 nitrogen and oxygen atoms in total. The molecule has 3 heteroatoms. The Bertz CT molecular complexity index is 387. The lowest BCUT2D eigenvalue weighted by Gasteiger charge is -2.05. The lowest BCUT2D eigenvalue weighted by molar-refractivity contribution is 0.110. The number of hydrogen-bond acceptors (Lipinski definition) is 3. The Morgan fingerprint density at radius 3 is 1.89 bits per heavy atom. The van der Waals surface area contributed by atoms with Crippen molar-refractivity contribution in [3.05, 3.63) is 66.2 Å². The van der Waals surface area contributed by atoms with E-state index in [1.165, 1.54) is 12.5 Å². The van der Waals surface area contributed by atoms with Gasteiger partial charge >= 0.3 is 0 Å². The molecule has 0 bridgehead atoms. The number of ether oxygens (including phenoxy) is 1. The summed E-state index contributed by atoms with van der Waals surface area (Å²) in [5.74, 6) is 0.913. The standard InChI is InChI=1S/C13H12O.C3H8O2/c1-3-7-12(8-4-1)11-14-13-9-5-2-6-10-13;1-3(5)2-4/h1-10H,11H2;3-5H,2H2,1H3. The summed E-state index contributed by atoms with van der Waals surface area (Å²) in [7, 11) is 0. The zero-order valence-corrected chi connectivity index (χ0v) is 11.1. The van der Waals surface area contributed by atoms with Crippen molar-refractivity contribution in [1.29, 1.82) is 0 Å². The largest absolute Gasteiger partial charge is 0.489 e. The maximum absolute atomic E-state index is 8.11. The zero-order valence-electron chi connectivity index (χ0n) is 11.1. The van der Waals surface area contributed by atoms with Gasteiger partial charge < -0.3 is 14.9 Å². The molecule has 0 heterocycles. The highest BCUT2D eigenvalue weighted by molar-refractivity contribution is 5.22. The molecule has 0 fully saturated rings. The van der Waals surface area contributed by atoms with Gasteiger partial charge in [-0.05, 0) is 24.6 Å². The fourth-order valence-corrected chi connectivity index (χ4v) is 1.26. The van der Waals surface area contributed by atoms with Crippen molar-refractivity contribution < 1.29 is 14.9 Å². The van der Waals surface area contributed by atoms with Crippen LogP contribution in [0.25, 0.3) is 0 Å². The second-order valence-corrected chi connectivity index (χ2v) is 4.12. The first-order valence-electron chi connectivity index (χ1n) is 6.23. The summed E-state index contributed by atoms with van der Waals surface area (Å²) in [5, 5.41) is 16.0. The molecule has 0 aliphatic rings. The molecule has 0 amide bonds. The molecule has 0 saturated heterocycles. The van der Waals surface area contributed by atoms with Gasteiger partial charge in [0.15, 0.2) is 0 Å². The van der Waals surface area contributed by atoms with Gasteiger partial charge in [-0.15, -0.1) is 0 Å². The van der Waals surface area contributed by atoms with Crippen LogP contribution >= 0.6 is 0 Å². The van der Waals surface area contributed by atoms with E-state index in [4.69, 9.17) is 14.9 Å². The molecule has 1 atom stereocenters. The molecule has 102 valence electrons. The van der Waals surface area contributed by atoms with Crippen LogP contribution < -0.4 is 4.74 Å². The maximum Gasteiger partial charge on any atom is 0.119 e. The van der Waals surface area contributed by atoms with E-state index in [-0.39, 0.29) is 6.61 Å². The maximum atomic E-state index is 8.11. The van der Waals surface area contributed by atoms with Crippen molar-refractivity contribution in [3.8, 4) is 5.75 Å². The number of rotatable bonds is 4. The lowest BCUT2D eigenvalue weighted by Crippen LogP contribution is -2.03. The first-order chi connectivity index (χ1) is 9.22. The summed E-state index contributed by atoms with van der Waals surface area (Å²) >= 11 is 0. The fraction of sp³-hybridized carbons (Fsp3) is 0.250. The van der Waals surface area contributed by atoms with Crippen molar-refractivity contribution in [2.75, 3.05) is 6.61 Å². The lowest BCUT2D eigenvalue weighted by atomic mass is 10.2. The molecule has 1 unspecified atom stereocenters. The molecule has 2 N–H and O–H groups in total. The molecule has 0 aromatic heterocycles. The van der Waals surface area contributed by atoms with Crippen molar-refractivity contribution >= 4 is 0 Å². The van der Waals surface area contributed by atoms with Crippen molar-refractivity contribution in [1.82, 2.24) is 0 Å². The summed E-state index contributed by atoms with van der Waals surface area (Å²) < 4.78 is 5.59. The Hall–Kier alpha value is -1.84. The molecule has 0 spiro atoms. The third-order valence-electron chi connectivity index (χ3n) is 2.26. The van der Waals surface area contributed by atoms with Crippen LogP contribution in [0.2, 0.25) is 0 Å². The van der Waals surface area contributed by atoms with Crippen LogP contribution in [0.4, 0.5) is 0 Å². The van der Waals surface area contributed by atoms with Gasteiger partial charge in [-0.25, -0.2) is 0 Å². The minimum atomic E-state index is -0.560. The fourth-order valence-electron chi connectivity index (χ4n) is 1.26. The number of aliphatic hydroxyl groups is 2. The normalized spacial score (nSPS) is 11.1. The Morgan fingerprint density at radius 1 is 0.947 bits per heavy atom. The van der Waals surface area contributed by atoms with Crippen LogP contribution in [-0.2, 0) is 6.61 Å². The molecular formula is C16H20O3. The Balaban J connectivity index is 0.000000312. The van der Waals surface area contributed by atoms with Gasteiger partial charge in [-0.2, -0.15) is 0 Å². The molecule has 0 aliphatic heterocycles. The van der Waals surface area contributed by atoms with E-state index < -0.39 is 6.10 Å². The van der Waals surface area contributed by atoms with Gasteiger partial charge in [0.25, 0.3) is 0 Å². The summed E-state index contributed by atoms with van der Waals surface area (Å²) in [6.07, 6.45) is -0.560. The molecular weight excluding hydrogens is 240 g/mol. The molecule has 0 aliphatic carbocycles. The zero-order chi connectivity index (χ0) is 13.9. The molecule has 0 saturated carbocycles. The third-order valence-corrected chi connectivity index (χ3v) is 2.26. The quantitative estimate of drug-likeness (QED) is 0.888. The highest BCUT2D eigenvalue weighted by Gasteiger charge is 1.92. The van der Waals surface area contributed by atoms with Gasteiger partial charge in [0.2, 0.25) is 0 Å². The van der Waals surface area contributed by atoms with Gasteiger partial charge in [-0.3, -0.25) is 0 Å². The minimum Gasteiger partial charge on any atom is -0.489 e. The number of hydrogen-bond donors (Lipinski definition) is 2. The van der Waals surface area contributed by atoms with Crippen molar-refractivity contribution in [2.24, 2.45) is 0 Å². The summed E-state index contributed by atoms with van der Waals surface area (Å²) in [6.45, 7) is 2.02. The molecule has 2 aromatic rings. The topological polar surface area (TPSA) is 49.7 Å². The highest BCUT2D eigenvalue weighted by atomic mass is 16.5. The average molecular weight is 260 g/mol. The number of aliphatic hydroxyl groups excluding tert-OH is 2. The summed E-state index contributed by atoms with van der Waals surface area (Å²) in [6, 6.07) is 20.0. The molecule has 0 radical (unpaired) electrons. The SMILES string of the molecule is CC(O)CO.c1ccc(COc2ccccc2)cc1. The first-order valence-corrected chi connectivity index (χ1v) is 6.23. The van der Waals surface area contributed by atoms with Crippen molar-refractivity contribution in [2.45, 2.75) is 19.6 Å². The predicted molar refractivity (Wildman–Crippen MR) is 76.0 cm³/mol. The molecule has 19 heavy (non-hydrogen) atoms. The Morgan fingerprint density at radius 2 is 1.42 bits per heavy atom. The second kappa shape index (κ2) is 9.14. The Kier molecular flexibility index (Phi) is 7.32. The van der Waals surface area contributed by atoms with E-state index in [1.54, 1.807) is 0 Å². The van der Waals surface area contributed by atoms with Crippen LogP contribution in [-0.4, -0.2) is 22.9 Å². The highest BCUT2D eigenvalue weighted by Crippen LogP contribution is 2.10. The van der Waals surface area contributed by atoms with E-state index >= 15 is 0 Å². The number of para-hydroxylation sites is 1. The van der Waals surface area contributed by atoms with E-state index in [9.17, 15) is 0 Å². The van der Waals surface area contributed by atoms with Crippen LogP contribution in [0.15, 0.2) is 60.7 Å². The molecule has 2 aromatic carbocycles. The van der Waals surface area contributed by atoms with Gasteiger partial charge in [0.05, 0.1) is 12.7 Å². The monoisotopic (exact) mass is 260 g/mol. The minimum absolute atomic E-state index is 0.139. The molecule has 2 rings (SSSR count). The summed E-state index contributed by atoms with van der Waals surface area (Å²) in [5.41, 5.74) is 1.19. The average Bonchev–Trinajstić information content (AvgIpc) is 2.48. The Labute approximate surface area is 114 Å². The van der Waals surface area contributed by atoms with Crippen LogP contribution in [0, 0.1) is 0 Å². The third kappa shape index (κ3) is 7.24. The second-order valence-electron chi connectivity index (χ2n) is 4.12. The van der Waals surface area contributed by atoms with Crippen LogP contribution in [0.1, 0.15) is 12.5 Å². The van der Waals surface area contributed by atoms with E-state index in [1.807, 2.05) is 48.5 Å². The smallest absolute Gasteiger partial charge is 0.119 e.